The minimum atomic E-state index is 1.17. The molecule has 2 heterocycles. The molecule has 0 unspecified atom stereocenters. The molecule has 32 heavy (non-hydrogen) atoms. The summed E-state index contributed by atoms with van der Waals surface area (Å²) in [5, 5.41) is 0. The molecule has 0 N–H and O–H groups in total. The SMILES string of the molecule is CCCCCCn1cc2c(c1)-c1ccc3c(c1CC2)CCc1cn(CCCCCC)cc1-3. The Morgan fingerprint density at radius 1 is 0.531 bits per heavy atom. The van der Waals surface area contributed by atoms with Gasteiger partial charge in [0.15, 0.2) is 0 Å². The molecule has 1 aromatic carbocycles. The van der Waals surface area contributed by atoms with E-state index >= 15 is 0 Å². The van der Waals surface area contributed by atoms with Crippen LogP contribution in [0.1, 0.15) is 87.5 Å². The highest BCUT2D eigenvalue weighted by Crippen LogP contribution is 2.43. The molecule has 2 aliphatic carbocycles. The first-order valence-electron chi connectivity index (χ1n) is 13.3. The maximum Gasteiger partial charge on any atom is 0.0219 e. The normalized spacial score (nSPS) is 14.1. The largest absolute Gasteiger partial charge is 0.353 e. The average Bonchev–Trinajstić information content (AvgIpc) is 3.43. The van der Waals surface area contributed by atoms with E-state index in [1.54, 1.807) is 22.3 Å². The quantitative estimate of drug-likeness (QED) is 0.290. The summed E-state index contributed by atoms with van der Waals surface area (Å²) in [7, 11) is 0. The van der Waals surface area contributed by atoms with Crippen LogP contribution < -0.4 is 0 Å². The summed E-state index contributed by atoms with van der Waals surface area (Å²) in [5.41, 5.74) is 12.4. The van der Waals surface area contributed by atoms with Gasteiger partial charge in [0.25, 0.3) is 0 Å². The van der Waals surface area contributed by atoms with Crippen LogP contribution in [0.4, 0.5) is 0 Å². The predicted octanol–water partition coefficient (Wildman–Crippen LogP) is 7.98. The Labute approximate surface area is 194 Å². The standard InChI is InChI=1S/C30H40N2/c1-3-5-7-9-17-31-19-23-11-13-25-26-14-12-24-20-32(18-10-8-6-4-2)22-30(24)28(26)16-15-27(25)29(23)21-31/h15-16,19-22H,3-14,17-18H2,1-2H3. The van der Waals surface area contributed by atoms with Gasteiger partial charge in [-0.3, -0.25) is 0 Å². The van der Waals surface area contributed by atoms with E-state index in [1.807, 2.05) is 0 Å². The van der Waals surface area contributed by atoms with Gasteiger partial charge in [-0.1, -0.05) is 64.5 Å². The topological polar surface area (TPSA) is 9.86 Å². The second kappa shape index (κ2) is 9.73. The van der Waals surface area contributed by atoms with Crippen LogP contribution in [-0.4, -0.2) is 9.13 Å². The molecular formula is C30H40N2. The molecule has 170 valence electrons. The molecule has 2 aromatic heterocycles. The molecule has 0 aliphatic heterocycles. The van der Waals surface area contributed by atoms with Crippen molar-refractivity contribution >= 4 is 0 Å². The van der Waals surface area contributed by atoms with Crippen LogP contribution in [-0.2, 0) is 38.8 Å². The molecular weight excluding hydrogens is 388 g/mol. The van der Waals surface area contributed by atoms with Crippen molar-refractivity contribution in [2.45, 2.75) is 104 Å². The van der Waals surface area contributed by atoms with Crippen LogP contribution >= 0.6 is 0 Å². The van der Waals surface area contributed by atoms with Gasteiger partial charge in [0, 0.05) is 49.0 Å². The molecule has 0 spiro atoms. The Bertz CT molecular complexity index is 980. The van der Waals surface area contributed by atoms with E-state index in [2.05, 4.69) is 59.9 Å². The van der Waals surface area contributed by atoms with Gasteiger partial charge in [-0.25, -0.2) is 0 Å². The molecule has 0 radical (unpaired) electrons. The van der Waals surface area contributed by atoms with E-state index < -0.39 is 0 Å². The lowest BCUT2D eigenvalue weighted by Crippen LogP contribution is -2.10. The zero-order chi connectivity index (χ0) is 21.9. The summed E-state index contributed by atoms with van der Waals surface area (Å²) in [5.74, 6) is 0. The molecule has 0 amide bonds. The lowest BCUT2D eigenvalue weighted by Gasteiger charge is -2.25. The van der Waals surface area contributed by atoms with Gasteiger partial charge in [0.2, 0.25) is 0 Å². The first kappa shape index (κ1) is 21.6. The van der Waals surface area contributed by atoms with Crippen LogP contribution in [0.5, 0.6) is 0 Å². The van der Waals surface area contributed by atoms with Crippen molar-refractivity contribution in [1.29, 1.82) is 0 Å². The van der Waals surface area contributed by atoms with Gasteiger partial charge in [0.05, 0.1) is 0 Å². The first-order chi connectivity index (χ1) is 15.8. The molecule has 0 saturated heterocycles. The second-order valence-corrected chi connectivity index (χ2v) is 10.1. The summed E-state index contributed by atoms with van der Waals surface area (Å²) in [6.07, 6.45) is 25.2. The number of aryl methyl sites for hydroxylation is 4. The van der Waals surface area contributed by atoms with E-state index in [9.17, 15) is 0 Å². The van der Waals surface area contributed by atoms with Gasteiger partial charge in [0.1, 0.15) is 0 Å². The summed E-state index contributed by atoms with van der Waals surface area (Å²) in [6.45, 7) is 6.92. The van der Waals surface area contributed by atoms with Crippen LogP contribution in [0.2, 0.25) is 0 Å². The zero-order valence-electron chi connectivity index (χ0n) is 20.3. The van der Waals surface area contributed by atoms with Crippen molar-refractivity contribution in [1.82, 2.24) is 9.13 Å². The maximum absolute atomic E-state index is 2.46. The van der Waals surface area contributed by atoms with Crippen molar-refractivity contribution in [3.05, 3.63) is 59.2 Å². The predicted molar refractivity (Wildman–Crippen MR) is 136 cm³/mol. The minimum absolute atomic E-state index is 1.17. The average molecular weight is 429 g/mol. The smallest absolute Gasteiger partial charge is 0.0219 e. The second-order valence-electron chi connectivity index (χ2n) is 10.1. The molecule has 5 rings (SSSR count). The highest BCUT2D eigenvalue weighted by Gasteiger charge is 2.26. The lowest BCUT2D eigenvalue weighted by molar-refractivity contribution is 0.583. The number of fused-ring (bicyclic) bond motifs is 7. The monoisotopic (exact) mass is 428 g/mol. The van der Waals surface area contributed by atoms with Crippen LogP contribution in [0.3, 0.4) is 0 Å². The van der Waals surface area contributed by atoms with Crippen LogP contribution in [0, 0.1) is 0 Å². The summed E-state index contributed by atoms with van der Waals surface area (Å²) < 4.78 is 4.93. The molecule has 2 aliphatic rings. The third-order valence-corrected chi connectivity index (χ3v) is 7.76. The van der Waals surface area contributed by atoms with E-state index in [4.69, 9.17) is 0 Å². The molecule has 2 heteroatoms. The van der Waals surface area contributed by atoms with Crippen molar-refractivity contribution in [2.75, 3.05) is 0 Å². The Morgan fingerprint density at radius 2 is 1.00 bits per heavy atom. The Hall–Kier alpha value is -2.22. The van der Waals surface area contributed by atoms with Crippen molar-refractivity contribution in [3.63, 3.8) is 0 Å². The van der Waals surface area contributed by atoms with Crippen molar-refractivity contribution in [2.24, 2.45) is 0 Å². The fourth-order valence-corrected chi connectivity index (χ4v) is 5.98. The molecule has 0 atom stereocenters. The van der Waals surface area contributed by atoms with Crippen LogP contribution in [0.15, 0.2) is 36.9 Å². The highest BCUT2D eigenvalue weighted by atomic mass is 14.9. The summed E-state index contributed by atoms with van der Waals surface area (Å²) in [6, 6.07) is 4.86. The van der Waals surface area contributed by atoms with Gasteiger partial charge in [-0.05, 0) is 71.9 Å². The molecule has 3 aromatic rings. The van der Waals surface area contributed by atoms with E-state index in [1.165, 1.54) is 112 Å². The van der Waals surface area contributed by atoms with Gasteiger partial charge in [-0.2, -0.15) is 0 Å². The zero-order valence-corrected chi connectivity index (χ0v) is 20.3. The van der Waals surface area contributed by atoms with E-state index in [0.717, 1.165) is 0 Å². The van der Waals surface area contributed by atoms with Gasteiger partial charge >= 0.3 is 0 Å². The van der Waals surface area contributed by atoms with Crippen molar-refractivity contribution < 1.29 is 0 Å². The molecule has 0 fully saturated rings. The Morgan fingerprint density at radius 3 is 1.44 bits per heavy atom. The highest BCUT2D eigenvalue weighted by molar-refractivity contribution is 5.82. The summed E-state index contributed by atoms with van der Waals surface area (Å²) in [4.78, 5) is 0. The molecule has 0 bridgehead atoms. The number of hydrogen-bond donors (Lipinski definition) is 0. The molecule has 0 saturated carbocycles. The fraction of sp³-hybridized carbons (Fsp3) is 0.533. The number of benzene rings is 1. The third-order valence-electron chi connectivity index (χ3n) is 7.76. The molecule has 2 nitrogen and oxygen atoms in total. The Balaban J connectivity index is 1.38. The van der Waals surface area contributed by atoms with Crippen LogP contribution in [0.25, 0.3) is 22.3 Å². The number of unbranched alkanes of at least 4 members (excludes halogenated alkanes) is 6. The minimum Gasteiger partial charge on any atom is -0.353 e. The summed E-state index contributed by atoms with van der Waals surface area (Å²) >= 11 is 0. The maximum atomic E-state index is 2.46. The first-order valence-corrected chi connectivity index (χ1v) is 13.3. The van der Waals surface area contributed by atoms with Crippen molar-refractivity contribution in [3.8, 4) is 22.3 Å². The van der Waals surface area contributed by atoms with Gasteiger partial charge < -0.3 is 9.13 Å². The van der Waals surface area contributed by atoms with E-state index in [-0.39, 0.29) is 0 Å². The van der Waals surface area contributed by atoms with E-state index in [0.29, 0.717) is 0 Å². The fourth-order valence-electron chi connectivity index (χ4n) is 5.98. The number of hydrogen-bond acceptors (Lipinski definition) is 0. The number of rotatable bonds is 10. The van der Waals surface area contributed by atoms with Gasteiger partial charge in [-0.15, -0.1) is 0 Å². The number of aromatic nitrogens is 2. The lowest BCUT2D eigenvalue weighted by atomic mass is 9.78. The number of nitrogens with zero attached hydrogens (tertiary/aromatic N) is 2. The Kier molecular flexibility index (Phi) is 6.57. The third kappa shape index (κ3) is 4.21.